The third-order valence-electron chi connectivity index (χ3n) is 6.17. The van der Waals surface area contributed by atoms with Gasteiger partial charge in [-0.05, 0) is 81.9 Å². The monoisotopic (exact) mass is 495 g/mol. The summed E-state index contributed by atoms with van der Waals surface area (Å²) in [6, 6.07) is 10.00. The number of aliphatic hydroxyl groups excluding tert-OH is 1. The lowest BCUT2D eigenvalue weighted by Gasteiger charge is -2.26. The Morgan fingerprint density at radius 3 is 2.42 bits per heavy atom. The maximum atomic E-state index is 13.2. The van der Waals surface area contributed by atoms with Crippen molar-refractivity contribution in [2.45, 2.75) is 39.2 Å². The molecule has 2 aromatic rings. The number of non-ortho nitro benzene ring substituents is 1. The second-order valence-electron chi connectivity index (χ2n) is 9.18. The number of hydrogen-bond donors (Lipinski definition) is 1. The molecular weight excluding hydrogens is 462 g/mol. The molecule has 0 aromatic heterocycles. The van der Waals surface area contributed by atoms with Crippen molar-refractivity contribution in [1.82, 2.24) is 9.80 Å². The van der Waals surface area contributed by atoms with E-state index in [9.17, 15) is 24.8 Å². The van der Waals surface area contributed by atoms with Gasteiger partial charge in [-0.15, -0.1) is 0 Å². The quantitative estimate of drug-likeness (QED) is 0.122. The van der Waals surface area contributed by atoms with Gasteiger partial charge in [-0.25, -0.2) is 0 Å². The number of nitro groups is 1. The van der Waals surface area contributed by atoms with E-state index in [0.29, 0.717) is 43.0 Å². The van der Waals surface area contributed by atoms with E-state index < -0.39 is 22.7 Å². The number of ketones is 1. The Morgan fingerprint density at radius 1 is 1.14 bits per heavy atom. The van der Waals surface area contributed by atoms with Gasteiger partial charge in [-0.1, -0.05) is 13.3 Å². The number of aryl methyl sites for hydroxylation is 1. The van der Waals surface area contributed by atoms with Crippen molar-refractivity contribution in [2.24, 2.45) is 0 Å². The van der Waals surface area contributed by atoms with Gasteiger partial charge in [0.2, 0.25) is 0 Å². The van der Waals surface area contributed by atoms with Crippen molar-refractivity contribution in [2.75, 3.05) is 33.8 Å². The third kappa shape index (κ3) is 5.91. The fraction of sp³-hybridized carbons (Fsp3) is 0.407. The summed E-state index contributed by atoms with van der Waals surface area (Å²) in [5, 5.41) is 22.4. The lowest BCUT2D eigenvalue weighted by molar-refractivity contribution is -0.384. The zero-order valence-electron chi connectivity index (χ0n) is 21.2. The van der Waals surface area contributed by atoms with Crippen molar-refractivity contribution < 1.29 is 24.4 Å². The number of amides is 1. The minimum atomic E-state index is -0.853. The molecule has 1 atom stereocenters. The van der Waals surface area contributed by atoms with Crippen LogP contribution in [-0.4, -0.2) is 65.3 Å². The molecule has 0 bridgehead atoms. The Morgan fingerprint density at radius 2 is 1.83 bits per heavy atom. The van der Waals surface area contributed by atoms with Crippen molar-refractivity contribution in [3.63, 3.8) is 0 Å². The largest absolute Gasteiger partial charge is 0.507 e. The Balaban J connectivity index is 2.04. The molecule has 36 heavy (non-hydrogen) atoms. The highest BCUT2D eigenvalue weighted by Gasteiger charge is 2.45. The molecule has 3 rings (SSSR count). The molecular formula is C27H33N3O6. The van der Waals surface area contributed by atoms with Gasteiger partial charge in [-0.3, -0.25) is 19.7 Å². The molecule has 1 aliphatic rings. The predicted molar refractivity (Wildman–Crippen MR) is 137 cm³/mol. The van der Waals surface area contributed by atoms with E-state index in [1.165, 1.54) is 29.2 Å². The third-order valence-corrected chi connectivity index (χ3v) is 6.17. The molecule has 1 N–H and O–H groups in total. The number of unbranched alkanes of at least 4 members (excludes halogenated alkanes) is 1. The molecule has 1 heterocycles. The highest BCUT2D eigenvalue weighted by molar-refractivity contribution is 6.46. The number of rotatable bonds is 11. The van der Waals surface area contributed by atoms with Crippen LogP contribution in [0, 0.1) is 17.0 Å². The molecule has 1 fully saturated rings. The smallest absolute Gasteiger partial charge is 0.295 e. The minimum Gasteiger partial charge on any atom is -0.507 e. The number of aliphatic hydroxyl groups is 1. The molecule has 0 radical (unpaired) electrons. The van der Waals surface area contributed by atoms with Crippen molar-refractivity contribution in [1.29, 1.82) is 0 Å². The first-order chi connectivity index (χ1) is 17.1. The van der Waals surface area contributed by atoms with Crippen molar-refractivity contribution >= 4 is 23.1 Å². The molecule has 0 aliphatic carbocycles. The maximum Gasteiger partial charge on any atom is 0.295 e. The zero-order valence-corrected chi connectivity index (χ0v) is 21.2. The fourth-order valence-corrected chi connectivity index (χ4v) is 4.23. The number of likely N-dealkylation sites (tertiary alicyclic amines) is 1. The highest BCUT2D eigenvalue weighted by atomic mass is 16.6. The number of carbonyl (C=O) groups is 2. The van der Waals surface area contributed by atoms with E-state index in [-0.39, 0.29) is 17.0 Å². The summed E-state index contributed by atoms with van der Waals surface area (Å²) in [5.74, 6) is -1.07. The Labute approximate surface area is 211 Å². The molecule has 9 heteroatoms. The van der Waals surface area contributed by atoms with Gasteiger partial charge in [0.15, 0.2) is 0 Å². The van der Waals surface area contributed by atoms with Gasteiger partial charge < -0.3 is 19.6 Å². The van der Waals surface area contributed by atoms with Crippen LogP contribution in [0.25, 0.3) is 5.76 Å². The second-order valence-corrected chi connectivity index (χ2v) is 9.18. The highest BCUT2D eigenvalue weighted by Crippen LogP contribution is 2.40. The molecule has 9 nitrogen and oxygen atoms in total. The van der Waals surface area contributed by atoms with Crippen LogP contribution in [0.3, 0.4) is 0 Å². The Hall–Kier alpha value is -3.72. The van der Waals surface area contributed by atoms with E-state index in [1.54, 1.807) is 18.2 Å². The normalized spacial score (nSPS) is 17.1. The summed E-state index contributed by atoms with van der Waals surface area (Å²) in [7, 11) is 3.83. The van der Waals surface area contributed by atoms with Gasteiger partial charge in [-0.2, -0.15) is 0 Å². The molecule has 1 saturated heterocycles. The number of nitrogens with zero attached hydrogens (tertiary/aromatic N) is 3. The number of carbonyl (C=O) groups excluding carboxylic acids is 2. The summed E-state index contributed by atoms with van der Waals surface area (Å²) in [5.41, 5.74) is 1.58. The lowest BCUT2D eigenvalue weighted by atomic mass is 9.94. The summed E-state index contributed by atoms with van der Waals surface area (Å²) >= 11 is 0. The molecule has 0 saturated carbocycles. The van der Waals surface area contributed by atoms with E-state index in [0.717, 1.165) is 18.4 Å². The van der Waals surface area contributed by atoms with Crippen LogP contribution in [0.2, 0.25) is 0 Å². The summed E-state index contributed by atoms with van der Waals surface area (Å²) in [6.07, 6.45) is 2.55. The van der Waals surface area contributed by atoms with E-state index in [4.69, 9.17) is 4.74 Å². The van der Waals surface area contributed by atoms with Crippen LogP contribution < -0.4 is 4.74 Å². The number of ether oxygens (including phenoxy) is 1. The summed E-state index contributed by atoms with van der Waals surface area (Å²) in [6.45, 7) is 5.51. The van der Waals surface area contributed by atoms with Crippen LogP contribution in [-0.2, 0) is 9.59 Å². The molecule has 1 amide bonds. The Kier molecular flexibility index (Phi) is 8.82. The molecule has 0 unspecified atom stereocenters. The van der Waals surface area contributed by atoms with Crippen molar-refractivity contribution in [3.05, 3.63) is 74.8 Å². The first-order valence-electron chi connectivity index (χ1n) is 12.1. The lowest BCUT2D eigenvalue weighted by Crippen LogP contribution is -2.32. The molecule has 192 valence electrons. The molecule has 2 aromatic carbocycles. The summed E-state index contributed by atoms with van der Waals surface area (Å²) < 4.78 is 5.79. The van der Waals surface area contributed by atoms with Crippen molar-refractivity contribution in [3.8, 4) is 5.75 Å². The second kappa shape index (κ2) is 11.8. The van der Waals surface area contributed by atoms with E-state index in [2.05, 4.69) is 6.92 Å². The topological polar surface area (TPSA) is 113 Å². The van der Waals surface area contributed by atoms with E-state index in [1.807, 2.05) is 25.9 Å². The van der Waals surface area contributed by atoms with Gasteiger partial charge >= 0.3 is 0 Å². The van der Waals surface area contributed by atoms with Crippen LogP contribution >= 0.6 is 0 Å². The summed E-state index contributed by atoms with van der Waals surface area (Å²) in [4.78, 5) is 40.2. The average molecular weight is 496 g/mol. The van der Waals surface area contributed by atoms with Gasteiger partial charge in [0.25, 0.3) is 17.4 Å². The number of nitro benzene ring substituents is 1. The minimum absolute atomic E-state index is 0.0299. The van der Waals surface area contributed by atoms with Gasteiger partial charge in [0.05, 0.1) is 23.1 Å². The van der Waals surface area contributed by atoms with Crippen LogP contribution in [0.1, 0.15) is 48.9 Å². The Bertz CT molecular complexity index is 1160. The standard InChI is InChI=1S/C27H33N3O6/c1-5-6-16-36-22-13-10-20(17-18(22)2)25(31)23-24(19-8-11-21(12-9-19)30(34)35)29(27(33)26(23)32)15-7-14-28(3)4/h8-13,17,24,31H,5-7,14-16H2,1-4H3/b25-23+/t24-/m1/s1. The van der Waals surface area contributed by atoms with Crippen LogP contribution in [0.4, 0.5) is 5.69 Å². The molecule has 1 aliphatic heterocycles. The SMILES string of the molecule is CCCCOc1ccc(/C(O)=C2\C(=O)C(=O)N(CCCN(C)C)[C@@H]2c2ccc([N+](=O)[O-])cc2)cc1C. The van der Waals surface area contributed by atoms with E-state index >= 15 is 0 Å². The molecule has 0 spiro atoms. The maximum absolute atomic E-state index is 13.2. The first-order valence-corrected chi connectivity index (χ1v) is 12.1. The fourth-order valence-electron chi connectivity index (χ4n) is 4.23. The number of Topliss-reactive ketones (excluding diaryl/α,β-unsaturated/α-hetero) is 1. The first kappa shape index (κ1) is 26.9. The number of benzene rings is 2. The zero-order chi connectivity index (χ0) is 26.4. The average Bonchev–Trinajstić information content (AvgIpc) is 3.09. The van der Waals surface area contributed by atoms with Gasteiger partial charge in [0, 0.05) is 24.2 Å². The van der Waals surface area contributed by atoms with Crippen LogP contribution in [0.5, 0.6) is 5.75 Å². The number of hydrogen-bond acceptors (Lipinski definition) is 7. The predicted octanol–water partition coefficient (Wildman–Crippen LogP) is 4.46. The van der Waals surface area contributed by atoms with Gasteiger partial charge in [0.1, 0.15) is 11.5 Å². The van der Waals surface area contributed by atoms with Crippen LogP contribution in [0.15, 0.2) is 48.0 Å².